The van der Waals surface area contributed by atoms with Crippen molar-refractivity contribution in [2.75, 3.05) is 11.9 Å². The van der Waals surface area contributed by atoms with E-state index in [0.717, 1.165) is 22.3 Å². The number of aromatic carboxylic acids is 1. The van der Waals surface area contributed by atoms with Crippen LogP contribution in [0.2, 0.25) is 0 Å². The van der Waals surface area contributed by atoms with Crippen LogP contribution in [0.5, 0.6) is 0 Å². The molecule has 4 rings (SSSR count). The number of aryl methyl sites for hydroxylation is 1. The van der Waals surface area contributed by atoms with Crippen molar-refractivity contribution < 1.29 is 19.4 Å². The van der Waals surface area contributed by atoms with Crippen LogP contribution in [-0.4, -0.2) is 33.7 Å². The first-order valence-electron chi connectivity index (χ1n) is 8.46. The zero-order valence-corrected chi connectivity index (χ0v) is 14.5. The van der Waals surface area contributed by atoms with Crippen molar-refractivity contribution in [3.05, 3.63) is 71.2 Å². The van der Waals surface area contributed by atoms with Crippen LogP contribution in [0.25, 0.3) is 11.1 Å². The third kappa shape index (κ3) is 3.03. The van der Waals surface area contributed by atoms with Crippen molar-refractivity contribution in [2.24, 2.45) is 0 Å². The van der Waals surface area contributed by atoms with Gasteiger partial charge in [0.1, 0.15) is 12.4 Å². The smallest absolute Gasteiger partial charge is 0.412 e. The standard InChI is InChI=1S/C20H17N3O4/c1-11-21-17(19(24)25)18(22-11)23-20(26)27-10-16-14-8-4-2-6-12(14)13-7-3-5-9-15(13)16/h2-9,16H,10H2,1H3,(H,21,22)(H,23,26)(H,24,25). The van der Waals surface area contributed by atoms with E-state index in [-0.39, 0.29) is 24.0 Å². The number of carbonyl (C=O) groups excluding carboxylic acids is 1. The molecule has 1 aromatic heterocycles. The number of carbonyl (C=O) groups is 2. The fourth-order valence-corrected chi connectivity index (χ4v) is 3.47. The Morgan fingerprint density at radius 1 is 1.11 bits per heavy atom. The lowest BCUT2D eigenvalue weighted by Gasteiger charge is -2.14. The molecular weight excluding hydrogens is 346 g/mol. The minimum atomic E-state index is -1.20. The second-order valence-corrected chi connectivity index (χ2v) is 6.30. The highest BCUT2D eigenvalue weighted by Gasteiger charge is 2.29. The van der Waals surface area contributed by atoms with E-state index in [4.69, 9.17) is 9.84 Å². The minimum absolute atomic E-state index is 0.0581. The van der Waals surface area contributed by atoms with E-state index in [1.165, 1.54) is 0 Å². The molecule has 3 N–H and O–H groups in total. The highest BCUT2D eigenvalue weighted by Crippen LogP contribution is 2.44. The van der Waals surface area contributed by atoms with Gasteiger partial charge in [-0.15, -0.1) is 0 Å². The molecule has 1 aliphatic carbocycles. The predicted octanol–water partition coefficient (Wildman–Crippen LogP) is 3.78. The first-order chi connectivity index (χ1) is 13.0. The van der Waals surface area contributed by atoms with Crippen LogP contribution < -0.4 is 5.32 Å². The Kier molecular flexibility index (Phi) is 4.12. The lowest BCUT2D eigenvalue weighted by molar-refractivity contribution is 0.0692. The molecule has 0 saturated heterocycles. The Balaban J connectivity index is 1.51. The number of imidazole rings is 1. The number of aromatic amines is 1. The first kappa shape index (κ1) is 16.8. The summed E-state index contributed by atoms with van der Waals surface area (Å²) in [6, 6.07) is 16.1. The van der Waals surface area contributed by atoms with Crippen LogP contribution in [0.15, 0.2) is 48.5 Å². The molecule has 1 aliphatic rings. The van der Waals surface area contributed by atoms with Gasteiger partial charge in [-0.05, 0) is 29.2 Å². The summed E-state index contributed by atoms with van der Waals surface area (Å²) >= 11 is 0. The molecule has 0 fully saturated rings. The topological polar surface area (TPSA) is 104 Å². The predicted molar refractivity (Wildman–Crippen MR) is 99.0 cm³/mol. The molecular formula is C20H17N3O4. The fourth-order valence-electron chi connectivity index (χ4n) is 3.47. The number of aromatic nitrogens is 2. The van der Waals surface area contributed by atoms with Gasteiger partial charge in [0.15, 0.2) is 11.5 Å². The average molecular weight is 363 g/mol. The lowest BCUT2D eigenvalue weighted by Crippen LogP contribution is -2.19. The minimum Gasteiger partial charge on any atom is -0.476 e. The van der Waals surface area contributed by atoms with Crippen LogP contribution in [0.4, 0.5) is 10.6 Å². The van der Waals surface area contributed by atoms with Crippen molar-refractivity contribution in [1.82, 2.24) is 9.97 Å². The number of H-pyrrole nitrogens is 1. The number of fused-ring (bicyclic) bond motifs is 3. The summed E-state index contributed by atoms with van der Waals surface area (Å²) in [6.07, 6.45) is -0.745. The summed E-state index contributed by atoms with van der Waals surface area (Å²) in [7, 11) is 0. The van der Waals surface area contributed by atoms with Gasteiger partial charge in [-0.25, -0.2) is 14.6 Å². The average Bonchev–Trinajstić information content (AvgIpc) is 3.18. The highest BCUT2D eigenvalue weighted by atomic mass is 16.5. The van der Waals surface area contributed by atoms with Crippen LogP contribution in [0.1, 0.15) is 33.4 Å². The summed E-state index contributed by atoms with van der Waals surface area (Å²) in [5, 5.41) is 11.5. The summed E-state index contributed by atoms with van der Waals surface area (Å²) < 4.78 is 5.39. The third-order valence-corrected chi connectivity index (χ3v) is 4.60. The molecule has 1 amide bonds. The van der Waals surface area contributed by atoms with Gasteiger partial charge in [0, 0.05) is 5.92 Å². The Morgan fingerprint density at radius 2 is 1.70 bits per heavy atom. The molecule has 3 aromatic rings. The van der Waals surface area contributed by atoms with Crippen molar-refractivity contribution in [1.29, 1.82) is 0 Å². The second-order valence-electron chi connectivity index (χ2n) is 6.30. The molecule has 0 radical (unpaired) electrons. The van der Waals surface area contributed by atoms with Gasteiger partial charge in [0.2, 0.25) is 0 Å². The van der Waals surface area contributed by atoms with Gasteiger partial charge in [0.25, 0.3) is 0 Å². The summed E-state index contributed by atoms with van der Waals surface area (Å²) in [6.45, 7) is 1.75. The Labute approximate surface area is 155 Å². The van der Waals surface area contributed by atoms with Crippen molar-refractivity contribution in [3.8, 4) is 11.1 Å². The van der Waals surface area contributed by atoms with E-state index < -0.39 is 12.1 Å². The molecule has 136 valence electrons. The number of rotatable bonds is 4. The molecule has 0 saturated carbocycles. The molecule has 0 atom stereocenters. The monoisotopic (exact) mass is 363 g/mol. The zero-order valence-electron chi connectivity index (χ0n) is 14.5. The molecule has 0 bridgehead atoms. The number of nitrogens with one attached hydrogen (secondary N) is 2. The van der Waals surface area contributed by atoms with E-state index >= 15 is 0 Å². The zero-order chi connectivity index (χ0) is 19.0. The number of ether oxygens (including phenoxy) is 1. The fraction of sp³-hybridized carbons (Fsp3) is 0.150. The molecule has 7 nitrogen and oxygen atoms in total. The van der Waals surface area contributed by atoms with Gasteiger partial charge < -0.3 is 14.8 Å². The normalized spacial score (nSPS) is 12.3. The Morgan fingerprint density at radius 3 is 2.30 bits per heavy atom. The van der Waals surface area contributed by atoms with Gasteiger partial charge in [-0.3, -0.25) is 5.32 Å². The maximum atomic E-state index is 12.2. The molecule has 0 spiro atoms. The quantitative estimate of drug-likeness (QED) is 0.654. The van der Waals surface area contributed by atoms with Gasteiger partial charge in [-0.2, -0.15) is 0 Å². The molecule has 2 aromatic carbocycles. The van der Waals surface area contributed by atoms with Crippen LogP contribution in [0.3, 0.4) is 0 Å². The highest BCUT2D eigenvalue weighted by molar-refractivity contribution is 5.96. The van der Waals surface area contributed by atoms with Crippen LogP contribution >= 0.6 is 0 Å². The number of carboxylic acid groups (broad SMARTS) is 1. The number of hydrogen-bond donors (Lipinski definition) is 3. The summed E-state index contributed by atoms with van der Waals surface area (Å²) in [4.78, 5) is 30.0. The largest absolute Gasteiger partial charge is 0.476 e. The number of anilines is 1. The third-order valence-electron chi connectivity index (χ3n) is 4.60. The van der Waals surface area contributed by atoms with Crippen molar-refractivity contribution in [2.45, 2.75) is 12.8 Å². The molecule has 27 heavy (non-hydrogen) atoms. The van der Waals surface area contributed by atoms with E-state index in [1.54, 1.807) is 6.92 Å². The van der Waals surface area contributed by atoms with Gasteiger partial charge in [-0.1, -0.05) is 48.5 Å². The van der Waals surface area contributed by atoms with Gasteiger partial charge in [0.05, 0.1) is 0 Å². The van der Waals surface area contributed by atoms with Crippen LogP contribution in [0, 0.1) is 6.92 Å². The maximum Gasteiger partial charge on any atom is 0.412 e. The summed E-state index contributed by atoms with van der Waals surface area (Å²) in [5.74, 6) is -0.939. The maximum absolute atomic E-state index is 12.2. The molecule has 0 aliphatic heterocycles. The van der Waals surface area contributed by atoms with E-state index in [2.05, 4.69) is 27.4 Å². The van der Waals surface area contributed by atoms with E-state index in [0.29, 0.717) is 5.82 Å². The number of carboxylic acids is 1. The van der Waals surface area contributed by atoms with Crippen molar-refractivity contribution in [3.63, 3.8) is 0 Å². The number of hydrogen-bond acceptors (Lipinski definition) is 4. The second kappa shape index (κ2) is 6.60. The van der Waals surface area contributed by atoms with Crippen LogP contribution in [-0.2, 0) is 4.74 Å². The first-order valence-corrected chi connectivity index (χ1v) is 8.46. The van der Waals surface area contributed by atoms with E-state index in [9.17, 15) is 9.59 Å². The number of amides is 1. The number of benzene rings is 2. The lowest BCUT2D eigenvalue weighted by atomic mass is 9.98. The summed E-state index contributed by atoms with van der Waals surface area (Å²) in [5.41, 5.74) is 4.30. The number of nitrogens with zero attached hydrogens (tertiary/aromatic N) is 1. The molecule has 1 heterocycles. The van der Waals surface area contributed by atoms with Crippen molar-refractivity contribution >= 4 is 17.9 Å². The Bertz CT molecular complexity index is 996. The SMILES string of the molecule is Cc1nc(NC(=O)OCC2c3ccccc3-c3ccccc32)c(C(=O)O)[nH]1. The Hall–Kier alpha value is -3.61. The van der Waals surface area contributed by atoms with Gasteiger partial charge >= 0.3 is 12.1 Å². The molecule has 0 unspecified atom stereocenters. The molecule has 7 heteroatoms. The van der Waals surface area contributed by atoms with E-state index in [1.807, 2.05) is 36.4 Å².